The minimum atomic E-state index is -1.25. The molecule has 1 aromatic carbocycles. The van der Waals surface area contributed by atoms with Crippen molar-refractivity contribution in [2.24, 2.45) is 5.92 Å². The number of carbonyl (C=O) groups is 2. The van der Waals surface area contributed by atoms with Crippen LogP contribution in [0.4, 0.5) is 5.69 Å². The second kappa shape index (κ2) is 5.03. The Morgan fingerprint density at radius 2 is 2.10 bits per heavy atom. The van der Waals surface area contributed by atoms with E-state index in [0.717, 1.165) is 12.8 Å². The zero-order valence-corrected chi connectivity index (χ0v) is 11.5. The van der Waals surface area contributed by atoms with Crippen molar-refractivity contribution in [2.45, 2.75) is 25.3 Å². The molecule has 0 saturated heterocycles. The molecule has 6 nitrogen and oxygen atoms in total. The van der Waals surface area contributed by atoms with Crippen LogP contribution in [-0.2, 0) is 4.79 Å². The molecule has 0 radical (unpaired) electrons. The van der Waals surface area contributed by atoms with Gasteiger partial charge in [-0.15, -0.1) is 0 Å². The number of carboxylic acid groups (broad SMARTS) is 1. The molecule has 1 aliphatic carbocycles. The van der Waals surface area contributed by atoms with E-state index in [2.05, 4.69) is 5.32 Å². The van der Waals surface area contributed by atoms with Crippen LogP contribution in [0.25, 0.3) is 0 Å². The first-order valence-corrected chi connectivity index (χ1v) is 6.38. The molecule has 2 rings (SSSR count). The van der Waals surface area contributed by atoms with Crippen molar-refractivity contribution < 1.29 is 19.4 Å². The summed E-state index contributed by atoms with van der Waals surface area (Å²) in [4.78, 5) is 23.7. The molecule has 108 valence electrons. The van der Waals surface area contributed by atoms with E-state index in [1.165, 1.54) is 26.2 Å². The summed E-state index contributed by atoms with van der Waals surface area (Å²) in [6.45, 7) is 1.54. The third-order valence-corrected chi connectivity index (χ3v) is 3.68. The molecule has 1 amide bonds. The highest BCUT2D eigenvalue weighted by molar-refractivity contribution is 6.00. The highest BCUT2D eigenvalue weighted by Gasteiger charge is 2.48. The quantitative estimate of drug-likeness (QED) is 0.704. The van der Waals surface area contributed by atoms with E-state index >= 15 is 0 Å². The van der Waals surface area contributed by atoms with Gasteiger partial charge in [0.05, 0.1) is 12.7 Å². The zero-order chi connectivity index (χ0) is 14.9. The van der Waals surface area contributed by atoms with Gasteiger partial charge in [0.25, 0.3) is 5.91 Å². The topological polar surface area (TPSA) is 102 Å². The summed E-state index contributed by atoms with van der Waals surface area (Å²) in [5.74, 6) is -1.20. The summed E-state index contributed by atoms with van der Waals surface area (Å²) < 4.78 is 5.11. The van der Waals surface area contributed by atoms with Crippen LogP contribution in [0.15, 0.2) is 18.2 Å². The molecular weight excluding hydrogens is 260 g/mol. The van der Waals surface area contributed by atoms with Crippen LogP contribution < -0.4 is 15.8 Å². The largest absolute Gasteiger partial charge is 0.496 e. The Bertz CT molecular complexity index is 554. The summed E-state index contributed by atoms with van der Waals surface area (Å²) in [6, 6.07) is 4.63. The molecule has 0 aromatic heterocycles. The number of carboxylic acids is 1. The molecule has 0 bridgehead atoms. The lowest BCUT2D eigenvalue weighted by Crippen LogP contribution is -2.54. The highest BCUT2D eigenvalue weighted by Crippen LogP contribution is 2.40. The van der Waals surface area contributed by atoms with Gasteiger partial charge in [0, 0.05) is 11.8 Å². The molecule has 20 heavy (non-hydrogen) atoms. The van der Waals surface area contributed by atoms with E-state index in [9.17, 15) is 14.7 Å². The fourth-order valence-electron chi connectivity index (χ4n) is 2.19. The fourth-order valence-corrected chi connectivity index (χ4v) is 2.19. The van der Waals surface area contributed by atoms with Gasteiger partial charge in [-0.3, -0.25) is 4.79 Å². The van der Waals surface area contributed by atoms with Crippen molar-refractivity contribution in [3.8, 4) is 5.75 Å². The van der Waals surface area contributed by atoms with E-state index in [4.69, 9.17) is 10.5 Å². The van der Waals surface area contributed by atoms with Crippen LogP contribution in [0.5, 0.6) is 5.75 Å². The number of carbonyl (C=O) groups excluding carboxylic acids is 1. The molecule has 1 atom stereocenters. The molecule has 0 aliphatic heterocycles. The molecule has 0 spiro atoms. The number of rotatable bonds is 5. The average molecular weight is 278 g/mol. The summed E-state index contributed by atoms with van der Waals surface area (Å²) in [7, 11) is 1.43. The summed E-state index contributed by atoms with van der Waals surface area (Å²) in [6.07, 6.45) is 1.61. The molecule has 1 unspecified atom stereocenters. The number of amides is 1. The van der Waals surface area contributed by atoms with Gasteiger partial charge in [-0.25, -0.2) is 4.79 Å². The lowest BCUT2D eigenvalue weighted by atomic mass is 9.95. The van der Waals surface area contributed by atoms with E-state index < -0.39 is 17.4 Å². The third kappa shape index (κ3) is 2.54. The third-order valence-electron chi connectivity index (χ3n) is 3.68. The summed E-state index contributed by atoms with van der Waals surface area (Å²) in [5.41, 5.74) is 5.13. The Balaban J connectivity index is 2.25. The Hall–Kier alpha value is -2.24. The van der Waals surface area contributed by atoms with Gasteiger partial charge in [0.15, 0.2) is 0 Å². The minimum Gasteiger partial charge on any atom is -0.496 e. The van der Waals surface area contributed by atoms with Crippen LogP contribution in [0.2, 0.25) is 0 Å². The normalized spacial score (nSPS) is 17.1. The summed E-state index contributed by atoms with van der Waals surface area (Å²) in [5, 5.41) is 11.9. The first-order valence-electron chi connectivity index (χ1n) is 6.38. The number of methoxy groups -OCH3 is 1. The lowest BCUT2D eigenvalue weighted by Gasteiger charge is -2.26. The predicted molar refractivity (Wildman–Crippen MR) is 73.6 cm³/mol. The van der Waals surface area contributed by atoms with Gasteiger partial charge in [0.1, 0.15) is 11.3 Å². The Labute approximate surface area is 116 Å². The standard InChI is InChI=1S/C14H18N2O4/c1-14(13(18)19,8-3-4-8)16-12(17)10-6-5-9(15)7-11(10)20-2/h5-8H,3-4,15H2,1-2H3,(H,16,17)(H,18,19). The van der Waals surface area contributed by atoms with Gasteiger partial charge in [-0.2, -0.15) is 0 Å². The highest BCUT2D eigenvalue weighted by atomic mass is 16.5. The van der Waals surface area contributed by atoms with Crippen molar-refractivity contribution in [2.75, 3.05) is 12.8 Å². The van der Waals surface area contributed by atoms with Crippen LogP contribution >= 0.6 is 0 Å². The SMILES string of the molecule is COc1cc(N)ccc1C(=O)NC(C)(C(=O)O)C1CC1. The van der Waals surface area contributed by atoms with Crippen molar-refractivity contribution in [3.63, 3.8) is 0 Å². The zero-order valence-electron chi connectivity index (χ0n) is 11.5. The van der Waals surface area contributed by atoms with Gasteiger partial charge in [-0.05, 0) is 37.8 Å². The van der Waals surface area contributed by atoms with Crippen molar-refractivity contribution in [3.05, 3.63) is 23.8 Å². The number of anilines is 1. The van der Waals surface area contributed by atoms with Gasteiger partial charge >= 0.3 is 5.97 Å². The van der Waals surface area contributed by atoms with E-state index in [1.54, 1.807) is 6.07 Å². The van der Waals surface area contributed by atoms with Crippen LogP contribution in [0.3, 0.4) is 0 Å². The maximum absolute atomic E-state index is 12.3. The van der Waals surface area contributed by atoms with Crippen LogP contribution in [0.1, 0.15) is 30.1 Å². The molecule has 1 fully saturated rings. The smallest absolute Gasteiger partial charge is 0.329 e. The van der Waals surface area contributed by atoms with Gasteiger partial charge in [-0.1, -0.05) is 0 Å². The maximum Gasteiger partial charge on any atom is 0.329 e. The Kier molecular flexibility index (Phi) is 3.57. The average Bonchev–Trinajstić information content (AvgIpc) is 3.22. The number of hydrogen-bond donors (Lipinski definition) is 3. The lowest BCUT2D eigenvalue weighted by molar-refractivity contribution is -0.144. The molecule has 6 heteroatoms. The first-order chi connectivity index (χ1) is 9.38. The van der Waals surface area contributed by atoms with E-state index in [-0.39, 0.29) is 11.5 Å². The molecule has 1 saturated carbocycles. The number of nitrogens with two attached hydrogens (primary N) is 1. The predicted octanol–water partition coefficient (Wildman–Crippen LogP) is 1.26. The second-order valence-corrected chi connectivity index (χ2v) is 5.20. The molecular formula is C14H18N2O4. The number of aliphatic carboxylic acids is 1. The number of benzene rings is 1. The van der Waals surface area contributed by atoms with Crippen molar-refractivity contribution in [1.82, 2.24) is 5.32 Å². The van der Waals surface area contributed by atoms with Gasteiger partial charge in [0.2, 0.25) is 0 Å². The number of nitrogens with one attached hydrogen (secondary N) is 1. The Morgan fingerprint density at radius 1 is 1.45 bits per heavy atom. The molecule has 4 N–H and O–H groups in total. The molecule has 1 aliphatic rings. The monoisotopic (exact) mass is 278 g/mol. The number of ether oxygens (including phenoxy) is 1. The van der Waals surface area contributed by atoms with Gasteiger partial charge < -0.3 is 20.9 Å². The second-order valence-electron chi connectivity index (χ2n) is 5.20. The number of hydrogen-bond acceptors (Lipinski definition) is 4. The van der Waals surface area contributed by atoms with E-state index in [0.29, 0.717) is 11.4 Å². The fraction of sp³-hybridized carbons (Fsp3) is 0.429. The summed E-state index contributed by atoms with van der Waals surface area (Å²) >= 11 is 0. The maximum atomic E-state index is 12.3. The first kappa shape index (κ1) is 14.2. The van der Waals surface area contributed by atoms with Crippen molar-refractivity contribution in [1.29, 1.82) is 0 Å². The van der Waals surface area contributed by atoms with Crippen LogP contribution in [0, 0.1) is 5.92 Å². The number of nitrogen functional groups attached to an aromatic ring is 1. The van der Waals surface area contributed by atoms with E-state index in [1.807, 2.05) is 0 Å². The van der Waals surface area contributed by atoms with Crippen molar-refractivity contribution >= 4 is 17.6 Å². The Morgan fingerprint density at radius 3 is 2.60 bits per heavy atom. The van der Waals surface area contributed by atoms with Crippen LogP contribution in [-0.4, -0.2) is 29.6 Å². The molecule has 1 aromatic rings. The molecule has 0 heterocycles. The minimum absolute atomic E-state index is 0.0243.